The van der Waals surface area contributed by atoms with E-state index < -0.39 is 0 Å². The standard InChI is InChI=1S/C14H10BrN3O2/c1-20-13-3-2-10(7-11(13)15)18-14(19)12-6-9(8-16)4-5-17-12/h2-7H,1H3,(H,18,19). The number of aromatic nitrogens is 1. The van der Waals surface area contributed by atoms with Gasteiger partial charge in [0.2, 0.25) is 0 Å². The number of benzene rings is 1. The summed E-state index contributed by atoms with van der Waals surface area (Å²) in [5.74, 6) is 0.298. The summed E-state index contributed by atoms with van der Waals surface area (Å²) >= 11 is 3.34. The highest BCUT2D eigenvalue weighted by atomic mass is 79.9. The van der Waals surface area contributed by atoms with Gasteiger partial charge in [0, 0.05) is 11.9 Å². The van der Waals surface area contributed by atoms with E-state index in [1.165, 1.54) is 12.3 Å². The van der Waals surface area contributed by atoms with E-state index in [0.29, 0.717) is 17.0 Å². The minimum atomic E-state index is -0.376. The van der Waals surface area contributed by atoms with Crippen LogP contribution < -0.4 is 10.1 Å². The van der Waals surface area contributed by atoms with Crippen LogP contribution in [0.3, 0.4) is 0 Å². The molecule has 0 spiro atoms. The molecule has 0 bridgehead atoms. The molecule has 5 nitrogen and oxygen atoms in total. The third kappa shape index (κ3) is 3.13. The number of pyridine rings is 1. The maximum atomic E-state index is 12.0. The average Bonchev–Trinajstić information content (AvgIpc) is 2.47. The zero-order valence-corrected chi connectivity index (χ0v) is 12.1. The van der Waals surface area contributed by atoms with Gasteiger partial charge in [0.25, 0.3) is 5.91 Å². The number of carbonyl (C=O) groups is 1. The molecule has 0 atom stereocenters. The second-order valence-corrected chi connectivity index (χ2v) is 4.70. The zero-order valence-electron chi connectivity index (χ0n) is 10.6. The van der Waals surface area contributed by atoms with Crippen LogP contribution in [0.4, 0.5) is 5.69 Å². The summed E-state index contributed by atoms with van der Waals surface area (Å²) in [4.78, 5) is 16.0. The monoisotopic (exact) mass is 331 g/mol. The molecule has 2 aromatic rings. The van der Waals surface area contributed by atoms with Crippen molar-refractivity contribution in [3.63, 3.8) is 0 Å². The Hall–Kier alpha value is -2.39. The predicted octanol–water partition coefficient (Wildman–Crippen LogP) is 2.98. The minimum Gasteiger partial charge on any atom is -0.496 e. The molecule has 0 aliphatic rings. The second kappa shape index (κ2) is 6.17. The Kier molecular flexibility index (Phi) is 4.33. The van der Waals surface area contributed by atoms with Crippen molar-refractivity contribution in [2.75, 3.05) is 12.4 Å². The normalized spacial score (nSPS) is 9.65. The first-order valence-corrected chi connectivity index (χ1v) is 6.44. The highest BCUT2D eigenvalue weighted by Gasteiger charge is 2.09. The largest absolute Gasteiger partial charge is 0.496 e. The number of hydrogen-bond donors (Lipinski definition) is 1. The van der Waals surface area contributed by atoms with Crippen LogP contribution in [-0.2, 0) is 0 Å². The first-order chi connectivity index (χ1) is 9.63. The molecule has 1 N–H and O–H groups in total. The van der Waals surface area contributed by atoms with Gasteiger partial charge in [-0.05, 0) is 46.3 Å². The molecule has 0 unspecified atom stereocenters. The number of carbonyl (C=O) groups excluding carboxylic acids is 1. The number of ether oxygens (including phenoxy) is 1. The first kappa shape index (κ1) is 14.0. The van der Waals surface area contributed by atoms with Crippen molar-refractivity contribution in [2.24, 2.45) is 0 Å². The molecule has 1 heterocycles. The molecule has 0 fully saturated rings. The number of amides is 1. The molecule has 0 aliphatic carbocycles. The first-order valence-electron chi connectivity index (χ1n) is 5.65. The summed E-state index contributed by atoms with van der Waals surface area (Å²) in [6, 6.07) is 10.1. The van der Waals surface area contributed by atoms with Crippen molar-refractivity contribution in [2.45, 2.75) is 0 Å². The van der Waals surface area contributed by atoms with Gasteiger partial charge in [-0.2, -0.15) is 5.26 Å². The zero-order chi connectivity index (χ0) is 14.5. The quantitative estimate of drug-likeness (QED) is 0.938. The average molecular weight is 332 g/mol. The lowest BCUT2D eigenvalue weighted by atomic mass is 10.2. The van der Waals surface area contributed by atoms with Crippen LogP contribution in [-0.4, -0.2) is 18.0 Å². The SMILES string of the molecule is COc1ccc(NC(=O)c2cc(C#N)ccn2)cc1Br. The Morgan fingerprint density at radius 1 is 1.40 bits per heavy atom. The Morgan fingerprint density at radius 2 is 2.20 bits per heavy atom. The van der Waals surface area contributed by atoms with Crippen molar-refractivity contribution < 1.29 is 9.53 Å². The van der Waals surface area contributed by atoms with Gasteiger partial charge in [-0.3, -0.25) is 9.78 Å². The Morgan fingerprint density at radius 3 is 2.85 bits per heavy atom. The topological polar surface area (TPSA) is 75.0 Å². The predicted molar refractivity (Wildman–Crippen MR) is 77.6 cm³/mol. The van der Waals surface area contributed by atoms with Crippen molar-refractivity contribution in [1.82, 2.24) is 4.98 Å². The van der Waals surface area contributed by atoms with Crippen molar-refractivity contribution in [1.29, 1.82) is 5.26 Å². The molecule has 6 heteroatoms. The summed E-state index contributed by atoms with van der Waals surface area (Å²) in [6.45, 7) is 0. The van der Waals surface area contributed by atoms with Crippen molar-refractivity contribution >= 4 is 27.5 Å². The third-order valence-corrected chi connectivity index (χ3v) is 3.15. The Balaban J connectivity index is 2.19. The fraction of sp³-hybridized carbons (Fsp3) is 0.0714. The van der Waals surface area contributed by atoms with E-state index in [-0.39, 0.29) is 11.6 Å². The van der Waals surface area contributed by atoms with E-state index in [1.54, 1.807) is 31.4 Å². The molecule has 20 heavy (non-hydrogen) atoms. The molecular formula is C14H10BrN3O2. The van der Waals surface area contributed by atoms with E-state index in [0.717, 1.165) is 4.47 Å². The molecule has 0 aliphatic heterocycles. The van der Waals surface area contributed by atoms with Crippen LogP contribution in [0.5, 0.6) is 5.75 Å². The molecule has 1 amide bonds. The molecular weight excluding hydrogens is 322 g/mol. The molecule has 1 aromatic carbocycles. The highest BCUT2D eigenvalue weighted by Crippen LogP contribution is 2.27. The van der Waals surface area contributed by atoms with E-state index >= 15 is 0 Å². The van der Waals surface area contributed by atoms with Crippen LogP contribution in [0.25, 0.3) is 0 Å². The summed E-state index contributed by atoms with van der Waals surface area (Å²) in [6.07, 6.45) is 1.43. The smallest absolute Gasteiger partial charge is 0.274 e. The lowest BCUT2D eigenvalue weighted by molar-refractivity contribution is 0.102. The summed E-state index contributed by atoms with van der Waals surface area (Å²) < 4.78 is 5.84. The summed E-state index contributed by atoms with van der Waals surface area (Å²) in [5.41, 5.74) is 1.18. The second-order valence-electron chi connectivity index (χ2n) is 3.85. The molecule has 0 saturated heterocycles. The van der Waals surface area contributed by atoms with Gasteiger partial charge >= 0.3 is 0 Å². The van der Waals surface area contributed by atoms with Gasteiger partial charge in [0.15, 0.2) is 0 Å². The number of methoxy groups -OCH3 is 1. The van der Waals surface area contributed by atoms with E-state index in [4.69, 9.17) is 10.00 Å². The molecule has 1 aromatic heterocycles. The lowest BCUT2D eigenvalue weighted by Gasteiger charge is -2.08. The maximum absolute atomic E-state index is 12.0. The third-order valence-electron chi connectivity index (χ3n) is 2.53. The highest BCUT2D eigenvalue weighted by molar-refractivity contribution is 9.10. The lowest BCUT2D eigenvalue weighted by Crippen LogP contribution is -2.13. The number of nitrogens with one attached hydrogen (secondary N) is 1. The van der Waals surface area contributed by atoms with E-state index in [9.17, 15) is 4.79 Å². The van der Waals surface area contributed by atoms with Crippen LogP contribution in [0.2, 0.25) is 0 Å². The van der Waals surface area contributed by atoms with Crippen LogP contribution in [0.15, 0.2) is 41.0 Å². The van der Waals surface area contributed by atoms with E-state index in [1.807, 2.05) is 6.07 Å². The van der Waals surface area contributed by atoms with Gasteiger partial charge in [-0.15, -0.1) is 0 Å². The number of nitrogens with zero attached hydrogens (tertiary/aromatic N) is 2. The Labute approximate surface area is 124 Å². The fourth-order valence-electron chi connectivity index (χ4n) is 1.56. The van der Waals surface area contributed by atoms with Crippen molar-refractivity contribution in [3.05, 3.63) is 52.3 Å². The van der Waals surface area contributed by atoms with Crippen LogP contribution in [0, 0.1) is 11.3 Å². The van der Waals surface area contributed by atoms with Gasteiger partial charge in [0.05, 0.1) is 23.2 Å². The molecule has 100 valence electrons. The van der Waals surface area contributed by atoms with Gasteiger partial charge < -0.3 is 10.1 Å². The molecule has 0 saturated carbocycles. The number of anilines is 1. The Bertz CT molecular complexity index is 695. The summed E-state index contributed by atoms with van der Waals surface area (Å²) in [5, 5.41) is 11.5. The maximum Gasteiger partial charge on any atom is 0.274 e. The number of halogens is 1. The van der Waals surface area contributed by atoms with Crippen LogP contribution >= 0.6 is 15.9 Å². The fourth-order valence-corrected chi connectivity index (χ4v) is 2.10. The molecule has 0 radical (unpaired) electrons. The number of nitriles is 1. The summed E-state index contributed by atoms with van der Waals surface area (Å²) in [7, 11) is 1.57. The van der Waals surface area contributed by atoms with Gasteiger partial charge in [0.1, 0.15) is 11.4 Å². The van der Waals surface area contributed by atoms with Crippen molar-refractivity contribution in [3.8, 4) is 11.8 Å². The minimum absolute atomic E-state index is 0.191. The van der Waals surface area contributed by atoms with Gasteiger partial charge in [-0.1, -0.05) is 0 Å². The van der Waals surface area contributed by atoms with Crippen LogP contribution in [0.1, 0.15) is 16.1 Å². The van der Waals surface area contributed by atoms with Gasteiger partial charge in [-0.25, -0.2) is 0 Å². The number of rotatable bonds is 3. The number of hydrogen-bond acceptors (Lipinski definition) is 4. The molecule has 2 rings (SSSR count). The van der Waals surface area contributed by atoms with E-state index in [2.05, 4.69) is 26.2 Å².